The van der Waals surface area contributed by atoms with Gasteiger partial charge in [0.05, 0.1) is 22.2 Å². The summed E-state index contributed by atoms with van der Waals surface area (Å²) in [5.74, 6) is 0.0688. The van der Waals surface area contributed by atoms with Crippen LogP contribution >= 0.6 is 11.6 Å². The number of nitrogens with one attached hydrogen (secondary N) is 1. The van der Waals surface area contributed by atoms with E-state index in [1.807, 2.05) is 31.2 Å². The number of hydrogen-bond donors (Lipinski definition) is 2. The van der Waals surface area contributed by atoms with Gasteiger partial charge in [0.2, 0.25) is 0 Å². The van der Waals surface area contributed by atoms with Crippen LogP contribution in [-0.4, -0.2) is 10.1 Å². The fraction of sp³-hybridized carbons (Fsp3) is 0.111. The lowest BCUT2D eigenvalue weighted by Gasteiger charge is -2.11. The number of nitrogens with zero attached hydrogens (tertiary/aromatic N) is 2. The van der Waals surface area contributed by atoms with Crippen molar-refractivity contribution in [3.63, 3.8) is 0 Å². The van der Waals surface area contributed by atoms with Crippen molar-refractivity contribution in [3.8, 4) is 11.8 Å². The molecule has 3 aromatic rings. The molecule has 114 valence electrons. The van der Waals surface area contributed by atoms with Crippen LogP contribution in [0.3, 0.4) is 0 Å². The van der Waals surface area contributed by atoms with Gasteiger partial charge in [-0.2, -0.15) is 5.26 Å². The van der Waals surface area contributed by atoms with Gasteiger partial charge in [0.1, 0.15) is 5.75 Å². The molecule has 23 heavy (non-hydrogen) atoms. The number of aryl methyl sites for hydroxylation is 1. The molecule has 2 aromatic carbocycles. The second-order valence-corrected chi connectivity index (χ2v) is 5.70. The topological polar surface area (TPSA) is 68.9 Å². The van der Waals surface area contributed by atoms with Crippen LogP contribution in [0.2, 0.25) is 5.02 Å². The first kappa shape index (κ1) is 15.1. The average Bonchev–Trinajstić information content (AvgIpc) is 2.55. The molecular weight excluding hydrogens is 310 g/mol. The molecule has 0 atom stereocenters. The van der Waals surface area contributed by atoms with E-state index in [2.05, 4.69) is 16.4 Å². The second-order valence-electron chi connectivity index (χ2n) is 5.29. The predicted molar refractivity (Wildman–Crippen MR) is 91.6 cm³/mol. The SMILES string of the molecule is Cc1cc(NCc2ccc(O)c(Cl)c2)c2cc(C#N)ccc2n1. The Morgan fingerprint density at radius 1 is 1.22 bits per heavy atom. The number of aromatic nitrogens is 1. The fourth-order valence-electron chi connectivity index (χ4n) is 2.43. The van der Waals surface area contributed by atoms with Gasteiger partial charge in [0.15, 0.2) is 0 Å². The van der Waals surface area contributed by atoms with Crippen molar-refractivity contribution < 1.29 is 5.11 Å². The van der Waals surface area contributed by atoms with Crippen LogP contribution in [-0.2, 0) is 6.54 Å². The van der Waals surface area contributed by atoms with Crippen LogP contribution in [0.4, 0.5) is 5.69 Å². The third-order valence-corrected chi connectivity index (χ3v) is 3.86. The zero-order chi connectivity index (χ0) is 16.4. The van der Waals surface area contributed by atoms with Crippen molar-refractivity contribution in [3.05, 3.63) is 64.3 Å². The largest absolute Gasteiger partial charge is 0.506 e. The molecule has 0 radical (unpaired) electrons. The Kier molecular flexibility index (Phi) is 4.05. The number of pyridine rings is 1. The number of phenolic OH excluding ortho intramolecular Hbond substituents is 1. The Balaban J connectivity index is 1.95. The quantitative estimate of drug-likeness (QED) is 0.750. The molecular formula is C18H14ClN3O. The standard InChI is InChI=1S/C18H14ClN3O/c1-11-6-17(14-7-12(9-20)2-4-16(14)22-11)21-10-13-3-5-18(23)15(19)8-13/h2-8,23H,10H2,1H3,(H,21,22). The van der Waals surface area contributed by atoms with E-state index in [1.165, 1.54) is 0 Å². The monoisotopic (exact) mass is 323 g/mol. The summed E-state index contributed by atoms with van der Waals surface area (Å²) in [5, 5.41) is 23.1. The number of phenols is 1. The first-order valence-corrected chi connectivity index (χ1v) is 7.47. The molecule has 0 bridgehead atoms. The van der Waals surface area contributed by atoms with Crippen molar-refractivity contribution in [2.45, 2.75) is 13.5 Å². The van der Waals surface area contributed by atoms with Gasteiger partial charge in [0, 0.05) is 23.3 Å². The van der Waals surface area contributed by atoms with Gasteiger partial charge in [-0.3, -0.25) is 4.98 Å². The molecule has 4 nitrogen and oxygen atoms in total. The molecule has 0 aliphatic heterocycles. The molecule has 1 aromatic heterocycles. The van der Waals surface area contributed by atoms with Gasteiger partial charge >= 0.3 is 0 Å². The minimum absolute atomic E-state index is 0.0688. The summed E-state index contributed by atoms with van der Waals surface area (Å²) >= 11 is 5.93. The minimum atomic E-state index is 0.0688. The van der Waals surface area contributed by atoms with Crippen LogP contribution in [0, 0.1) is 18.3 Å². The van der Waals surface area contributed by atoms with Gasteiger partial charge in [0.25, 0.3) is 0 Å². The Bertz CT molecular complexity index is 931. The van der Waals surface area contributed by atoms with Crippen LogP contribution in [0.15, 0.2) is 42.5 Å². The smallest absolute Gasteiger partial charge is 0.134 e. The maximum Gasteiger partial charge on any atom is 0.134 e. The summed E-state index contributed by atoms with van der Waals surface area (Å²) in [4.78, 5) is 4.49. The zero-order valence-corrected chi connectivity index (χ0v) is 13.2. The third-order valence-electron chi connectivity index (χ3n) is 3.56. The van der Waals surface area contributed by atoms with E-state index in [0.29, 0.717) is 17.1 Å². The number of benzene rings is 2. The molecule has 3 rings (SSSR count). The van der Waals surface area contributed by atoms with Crippen LogP contribution < -0.4 is 5.32 Å². The molecule has 5 heteroatoms. The lowest BCUT2D eigenvalue weighted by molar-refractivity contribution is 0.475. The summed E-state index contributed by atoms with van der Waals surface area (Å²) in [5.41, 5.74) is 4.20. The molecule has 0 fully saturated rings. The Hall–Kier alpha value is -2.77. The lowest BCUT2D eigenvalue weighted by atomic mass is 10.1. The third kappa shape index (κ3) is 3.20. The first-order valence-electron chi connectivity index (χ1n) is 7.09. The van der Waals surface area contributed by atoms with Crippen molar-refractivity contribution in [1.29, 1.82) is 5.26 Å². The van der Waals surface area contributed by atoms with Crippen molar-refractivity contribution in [2.75, 3.05) is 5.32 Å². The molecule has 0 aliphatic rings. The molecule has 2 N–H and O–H groups in total. The maximum absolute atomic E-state index is 9.47. The Labute approximate surface area is 139 Å². The molecule has 1 heterocycles. The van der Waals surface area contributed by atoms with E-state index in [-0.39, 0.29) is 5.75 Å². The number of fused-ring (bicyclic) bond motifs is 1. The average molecular weight is 324 g/mol. The summed E-state index contributed by atoms with van der Waals surface area (Å²) in [6.07, 6.45) is 0. The fourth-order valence-corrected chi connectivity index (χ4v) is 2.63. The highest BCUT2D eigenvalue weighted by atomic mass is 35.5. The summed E-state index contributed by atoms with van der Waals surface area (Å²) in [6.45, 7) is 2.48. The Morgan fingerprint density at radius 3 is 2.78 bits per heavy atom. The Morgan fingerprint density at radius 2 is 2.04 bits per heavy atom. The van der Waals surface area contributed by atoms with E-state index in [9.17, 15) is 5.11 Å². The molecule has 0 saturated heterocycles. The number of anilines is 1. The normalized spacial score (nSPS) is 10.5. The highest BCUT2D eigenvalue weighted by Crippen LogP contribution is 2.27. The molecule has 0 unspecified atom stereocenters. The van der Waals surface area contributed by atoms with Crippen molar-refractivity contribution >= 4 is 28.2 Å². The molecule has 0 amide bonds. The second kappa shape index (κ2) is 6.15. The van der Waals surface area contributed by atoms with E-state index in [0.717, 1.165) is 27.8 Å². The van der Waals surface area contributed by atoms with Crippen molar-refractivity contribution in [2.24, 2.45) is 0 Å². The summed E-state index contributed by atoms with van der Waals surface area (Å²) < 4.78 is 0. The maximum atomic E-state index is 9.47. The van der Waals surface area contributed by atoms with E-state index in [4.69, 9.17) is 16.9 Å². The van der Waals surface area contributed by atoms with Gasteiger partial charge in [-0.1, -0.05) is 17.7 Å². The number of aromatic hydroxyl groups is 1. The van der Waals surface area contributed by atoms with E-state index in [1.54, 1.807) is 18.2 Å². The van der Waals surface area contributed by atoms with Gasteiger partial charge in [-0.15, -0.1) is 0 Å². The highest BCUT2D eigenvalue weighted by molar-refractivity contribution is 6.32. The molecule has 0 aliphatic carbocycles. The van der Waals surface area contributed by atoms with Crippen LogP contribution in [0.5, 0.6) is 5.75 Å². The molecule has 0 saturated carbocycles. The lowest BCUT2D eigenvalue weighted by Crippen LogP contribution is -2.01. The van der Waals surface area contributed by atoms with E-state index >= 15 is 0 Å². The first-order chi connectivity index (χ1) is 11.1. The molecule has 0 spiro atoms. The zero-order valence-electron chi connectivity index (χ0n) is 12.5. The number of hydrogen-bond acceptors (Lipinski definition) is 4. The van der Waals surface area contributed by atoms with E-state index < -0.39 is 0 Å². The van der Waals surface area contributed by atoms with Gasteiger partial charge in [-0.25, -0.2) is 0 Å². The van der Waals surface area contributed by atoms with Crippen molar-refractivity contribution in [1.82, 2.24) is 4.98 Å². The highest BCUT2D eigenvalue weighted by Gasteiger charge is 2.06. The van der Waals surface area contributed by atoms with Gasteiger partial charge in [-0.05, 0) is 48.9 Å². The minimum Gasteiger partial charge on any atom is -0.506 e. The number of rotatable bonds is 3. The van der Waals surface area contributed by atoms with Crippen LogP contribution in [0.1, 0.15) is 16.8 Å². The summed E-state index contributed by atoms with van der Waals surface area (Å²) in [7, 11) is 0. The van der Waals surface area contributed by atoms with Gasteiger partial charge < -0.3 is 10.4 Å². The predicted octanol–water partition coefficient (Wildman–Crippen LogP) is 4.39. The number of nitriles is 1. The van der Waals surface area contributed by atoms with Crippen LogP contribution in [0.25, 0.3) is 10.9 Å². The summed E-state index contributed by atoms with van der Waals surface area (Å²) in [6, 6.07) is 14.6. The number of halogens is 1.